The van der Waals surface area contributed by atoms with Crippen molar-refractivity contribution in [3.8, 4) is 0 Å². The number of aromatic amines is 1. The van der Waals surface area contributed by atoms with E-state index in [0.717, 1.165) is 11.2 Å². The summed E-state index contributed by atoms with van der Waals surface area (Å²) in [5.41, 5.74) is 1.03. The van der Waals surface area contributed by atoms with E-state index in [9.17, 15) is 4.79 Å². The summed E-state index contributed by atoms with van der Waals surface area (Å²) in [5, 5.41) is 4.17. The molecule has 2 heterocycles. The van der Waals surface area contributed by atoms with Crippen molar-refractivity contribution in [1.82, 2.24) is 20.3 Å². The molecular weight excluding hydrogens is 288 g/mol. The van der Waals surface area contributed by atoms with Gasteiger partial charge in [0.1, 0.15) is 11.5 Å². The second-order valence-electron chi connectivity index (χ2n) is 4.55. The number of carbonyl (C=O) groups is 1. The van der Waals surface area contributed by atoms with E-state index in [1.807, 2.05) is 24.3 Å². The zero-order valence-corrected chi connectivity index (χ0v) is 11.9. The molecule has 0 atom stereocenters. The van der Waals surface area contributed by atoms with Gasteiger partial charge in [-0.3, -0.25) is 4.79 Å². The monoisotopic (exact) mass is 300 g/mol. The smallest absolute Gasteiger partial charge is 0.269 e. The Balaban J connectivity index is 1.72. The molecule has 2 N–H and O–H groups in total. The van der Waals surface area contributed by atoms with Crippen molar-refractivity contribution >= 4 is 28.4 Å². The minimum Gasteiger partial charge on any atom is -0.350 e. The van der Waals surface area contributed by atoms with Gasteiger partial charge in [-0.05, 0) is 12.1 Å². The van der Waals surface area contributed by atoms with Crippen molar-refractivity contribution in [2.24, 2.45) is 0 Å². The minimum atomic E-state index is -0.241. The molecule has 6 heteroatoms. The average molecular weight is 301 g/mol. The number of hydrogen-bond donors (Lipinski definition) is 2. The first-order valence-corrected chi connectivity index (χ1v) is 6.93. The fourth-order valence-electron chi connectivity index (χ4n) is 2.07. The summed E-state index contributed by atoms with van der Waals surface area (Å²) >= 11 is 6.19. The summed E-state index contributed by atoms with van der Waals surface area (Å²) in [4.78, 5) is 23.5. The van der Waals surface area contributed by atoms with Gasteiger partial charge >= 0.3 is 0 Å². The SMILES string of the molecule is O=C(NCCc1ncc[nH]1)c1cc(Cl)c2ccccc2n1. The van der Waals surface area contributed by atoms with Gasteiger partial charge in [0.2, 0.25) is 0 Å². The van der Waals surface area contributed by atoms with Crippen LogP contribution in [-0.4, -0.2) is 27.4 Å². The highest BCUT2D eigenvalue weighted by atomic mass is 35.5. The van der Waals surface area contributed by atoms with Gasteiger partial charge in [0.25, 0.3) is 5.91 Å². The number of imidazole rings is 1. The standard InChI is InChI=1S/C15H13ClN4O/c16-11-9-13(20-12-4-2-1-3-10(11)12)15(21)19-6-5-14-17-7-8-18-14/h1-4,7-9H,5-6H2,(H,17,18)(H,19,21). The van der Waals surface area contributed by atoms with Crippen LogP contribution in [0.4, 0.5) is 0 Å². The minimum absolute atomic E-state index is 0.241. The van der Waals surface area contributed by atoms with Crippen LogP contribution in [-0.2, 0) is 6.42 Å². The number of benzene rings is 1. The van der Waals surface area contributed by atoms with Crippen LogP contribution in [0.3, 0.4) is 0 Å². The summed E-state index contributed by atoms with van der Waals surface area (Å²) in [5.74, 6) is 0.592. The third-order valence-electron chi connectivity index (χ3n) is 3.10. The number of para-hydroxylation sites is 1. The Morgan fingerprint density at radius 3 is 3.00 bits per heavy atom. The Kier molecular flexibility index (Phi) is 3.83. The quantitative estimate of drug-likeness (QED) is 0.778. The normalized spacial score (nSPS) is 10.7. The number of halogens is 1. The molecule has 1 aromatic carbocycles. The van der Waals surface area contributed by atoms with Crippen molar-refractivity contribution in [3.63, 3.8) is 0 Å². The molecule has 106 valence electrons. The van der Waals surface area contributed by atoms with Crippen LogP contribution >= 0.6 is 11.6 Å². The number of hydrogen-bond acceptors (Lipinski definition) is 3. The average Bonchev–Trinajstić information content (AvgIpc) is 3.00. The molecular formula is C15H13ClN4O. The molecule has 0 saturated carbocycles. The van der Waals surface area contributed by atoms with Crippen molar-refractivity contribution in [1.29, 1.82) is 0 Å². The first-order chi connectivity index (χ1) is 10.2. The highest BCUT2D eigenvalue weighted by Crippen LogP contribution is 2.22. The summed E-state index contributed by atoms with van der Waals surface area (Å²) in [6, 6.07) is 9.06. The summed E-state index contributed by atoms with van der Waals surface area (Å²) in [6.45, 7) is 0.485. The van der Waals surface area contributed by atoms with Gasteiger partial charge in [-0.15, -0.1) is 0 Å². The highest BCUT2D eigenvalue weighted by Gasteiger charge is 2.10. The van der Waals surface area contributed by atoms with Crippen molar-refractivity contribution in [2.45, 2.75) is 6.42 Å². The Morgan fingerprint density at radius 1 is 1.33 bits per heavy atom. The maximum Gasteiger partial charge on any atom is 0.269 e. The predicted octanol–water partition coefficient (Wildman–Crippen LogP) is 2.58. The second-order valence-corrected chi connectivity index (χ2v) is 4.96. The molecule has 0 aliphatic carbocycles. The topological polar surface area (TPSA) is 70.7 Å². The third kappa shape index (κ3) is 3.03. The van der Waals surface area contributed by atoms with Gasteiger partial charge in [0.15, 0.2) is 0 Å². The predicted molar refractivity (Wildman–Crippen MR) is 81.4 cm³/mol. The number of nitrogens with zero attached hydrogens (tertiary/aromatic N) is 2. The highest BCUT2D eigenvalue weighted by molar-refractivity contribution is 6.35. The fraction of sp³-hybridized carbons (Fsp3) is 0.133. The molecule has 0 fully saturated rings. The summed E-state index contributed by atoms with van der Waals surface area (Å²) in [7, 11) is 0. The molecule has 21 heavy (non-hydrogen) atoms. The number of rotatable bonds is 4. The van der Waals surface area contributed by atoms with Crippen LogP contribution < -0.4 is 5.32 Å². The largest absolute Gasteiger partial charge is 0.350 e. The van der Waals surface area contributed by atoms with Gasteiger partial charge in [-0.1, -0.05) is 29.8 Å². The van der Waals surface area contributed by atoms with E-state index in [1.54, 1.807) is 18.5 Å². The number of nitrogens with one attached hydrogen (secondary N) is 2. The first kappa shape index (κ1) is 13.6. The van der Waals surface area contributed by atoms with Crippen LogP contribution in [0.25, 0.3) is 10.9 Å². The molecule has 1 amide bonds. The number of fused-ring (bicyclic) bond motifs is 1. The molecule has 0 aliphatic rings. The molecule has 3 rings (SSSR count). The molecule has 0 saturated heterocycles. The Bertz CT molecular complexity index is 770. The Morgan fingerprint density at radius 2 is 2.19 bits per heavy atom. The summed E-state index contributed by atoms with van der Waals surface area (Å²) in [6.07, 6.45) is 4.07. The van der Waals surface area contributed by atoms with Crippen LogP contribution in [0.2, 0.25) is 5.02 Å². The van der Waals surface area contributed by atoms with Crippen molar-refractivity contribution in [2.75, 3.05) is 6.54 Å². The first-order valence-electron chi connectivity index (χ1n) is 6.56. The zero-order valence-electron chi connectivity index (χ0n) is 11.1. The molecule has 2 aromatic heterocycles. The molecule has 0 radical (unpaired) electrons. The third-order valence-corrected chi connectivity index (χ3v) is 3.41. The van der Waals surface area contributed by atoms with Gasteiger partial charge in [-0.2, -0.15) is 0 Å². The van der Waals surface area contributed by atoms with E-state index in [1.165, 1.54) is 0 Å². The van der Waals surface area contributed by atoms with Gasteiger partial charge in [0, 0.05) is 30.7 Å². The van der Waals surface area contributed by atoms with E-state index in [0.29, 0.717) is 29.2 Å². The Labute approximate surface area is 126 Å². The number of amides is 1. The molecule has 3 aromatic rings. The lowest BCUT2D eigenvalue weighted by Crippen LogP contribution is -2.26. The second kappa shape index (κ2) is 5.93. The lowest BCUT2D eigenvalue weighted by atomic mass is 10.2. The molecule has 0 spiro atoms. The van der Waals surface area contributed by atoms with Crippen LogP contribution in [0.15, 0.2) is 42.7 Å². The van der Waals surface area contributed by atoms with Crippen LogP contribution in [0.5, 0.6) is 0 Å². The van der Waals surface area contributed by atoms with Gasteiger partial charge < -0.3 is 10.3 Å². The van der Waals surface area contributed by atoms with Crippen LogP contribution in [0, 0.1) is 0 Å². The number of aromatic nitrogens is 3. The van der Waals surface area contributed by atoms with E-state index in [-0.39, 0.29) is 5.91 Å². The van der Waals surface area contributed by atoms with Crippen molar-refractivity contribution in [3.05, 3.63) is 59.3 Å². The van der Waals surface area contributed by atoms with Gasteiger partial charge in [0.05, 0.1) is 10.5 Å². The number of pyridine rings is 1. The molecule has 0 aliphatic heterocycles. The van der Waals surface area contributed by atoms with E-state index >= 15 is 0 Å². The fourth-order valence-corrected chi connectivity index (χ4v) is 2.33. The number of carbonyl (C=O) groups excluding carboxylic acids is 1. The van der Waals surface area contributed by atoms with E-state index < -0.39 is 0 Å². The zero-order chi connectivity index (χ0) is 14.7. The van der Waals surface area contributed by atoms with E-state index in [4.69, 9.17) is 11.6 Å². The summed E-state index contributed by atoms with van der Waals surface area (Å²) < 4.78 is 0. The van der Waals surface area contributed by atoms with Crippen LogP contribution in [0.1, 0.15) is 16.3 Å². The van der Waals surface area contributed by atoms with E-state index in [2.05, 4.69) is 20.3 Å². The Hall–Kier alpha value is -2.40. The molecule has 0 unspecified atom stereocenters. The van der Waals surface area contributed by atoms with Gasteiger partial charge in [-0.25, -0.2) is 9.97 Å². The molecule has 0 bridgehead atoms. The maximum absolute atomic E-state index is 12.1. The number of H-pyrrole nitrogens is 1. The lowest BCUT2D eigenvalue weighted by Gasteiger charge is -2.06. The molecule has 5 nitrogen and oxygen atoms in total. The maximum atomic E-state index is 12.1. The lowest BCUT2D eigenvalue weighted by molar-refractivity contribution is 0.0949. The van der Waals surface area contributed by atoms with Crippen molar-refractivity contribution < 1.29 is 4.79 Å².